The molecule has 0 saturated carbocycles. The number of nitrogens with one attached hydrogen (secondary N) is 1. The van der Waals surface area contributed by atoms with E-state index in [4.69, 9.17) is 15.2 Å². The molecule has 2 rings (SSSR count). The normalized spacial score (nSPS) is 23.4. The first-order chi connectivity index (χ1) is 8.90. The van der Waals surface area contributed by atoms with Gasteiger partial charge >= 0.3 is 0 Å². The van der Waals surface area contributed by atoms with Crippen LogP contribution in [0.3, 0.4) is 0 Å². The zero-order chi connectivity index (χ0) is 12.6. The second-order valence-electron chi connectivity index (χ2n) is 4.53. The summed E-state index contributed by atoms with van der Waals surface area (Å²) < 4.78 is 11.5. The Labute approximate surface area is 108 Å². The maximum Gasteiger partial charge on any atom is 0.184 e. The van der Waals surface area contributed by atoms with Crippen molar-refractivity contribution in [2.24, 2.45) is 5.73 Å². The highest BCUT2D eigenvalue weighted by molar-refractivity contribution is 5.16. The van der Waals surface area contributed by atoms with E-state index in [1.54, 1.807) is 0 Å². The molecule has 18 heavy (non-hydrogen) atoms. The number of hydrogen-bond acceptors (Lipinski definition) is 4. The molecule has 0 spiro atoms. The van der Waals surface area contributed by atoms with Crippen LogP contribution in [0.4, 0.5) is 0 Å². The molecule has 4 nitrogen and oxygen atoms in total. The number of benzene rings is 1. The van der Waals surface area contributed by atoms with Crippen molar-refractivity contribution in [1.82, 2.24) is 5.32 Å². The summed E-state index contributed by atoms with van der Waals surface area (Å²) in [5.74, 6) is 0. The molecule has 2 unspecified atom stereocenters. The van der Waals surface area contributed by atoms with Crippen molar-refractivity contribution in [3.63, 3.8) is 0 Å². The average Bonchev–Trinajstić information content (AvgIpc) is 2.88. The van der Waals surface area contributed by atoms with Gasteiger partial charge in [-0.1, -0.05) is 30.3 Å². The monoisotopic (exact) mass is 250 g/mol. The van der Waals surface area contributed by atoms with Gasteiger partial charge in [-0.15, -0.1) is 0 Å². The smallest absolute Gasteiger partial charge is 0.184 e. The fraction of sp³-hybridized carbons (Fsp3) is 0.571. The first kappa shape index (κ1) is 13.5. The molecule has 0 bridgehead atoms. The van der Waals surface area contributed by atoms with Gasteiger partial charge < -0.3 is 20.5 Å². The van der Waals surface area contributed by atoms with Gasteiger partial charge in [-0.2, -0.15) is 0 Å². The molecule has 0 aromatic heterocycles. The summed E-state index contributed by atoms with van der Waals surface area (Å²) in [6.45, 7) is 3.26. The van der Waals surface area contributed by atoms with Crippen molar-refractivity contribution in [3.05, 3.63) is 35.9 Å². The predicted octanol–water partition coefficient (Wildman–Crippen LogP) is 1.43. The molecule has 0 radical (unpaired) electrons. The minimum atomic E-state index is -0.206. The number of ether oxygens (including phenoxy) is 2. The molecule has 0 amide bonds. The van der Waals surface area contributed by atoms with Crippen LogP contribution < -0.4 is 11.1 Å². The van der Waals surface area contributed by atoms with E-state index in [9.17, 15) is 0 Å². The van der Waals surface area contributed by atoms with Crippen LogP contribution in [0.1, 0.15) is 24.7 Å². The lowest BCUT2D eigenvalue weighted by Gasteiger charge is -2.12. The van der Waals surface area contributed by atoms with Gasteiger partial charge in [0.25, 0.3) is 0 Å². The number of rotatable bonds is 7. The van der Waals surface area contributed by atoms with E-state index in [2.05, 4.69) is 5.32 Å². The highest BCUT2D eigenvalue weighted by atomic mass is 16.7. The third-order valence-corrected chi connectivity index (χ3v) is 3.00. The molecule has 0 aliphatic carbocycles. The van der Waals surface area contributed by atoms with Gasteiger partial charge in [-0.05, 0) is 25.9 Å². The lowest BCUT2D eigenvalue weighted by atomic mass is 10.2. The Morgan fingerprint density at radius 1 is 1.22 bits per heavy atom. The molecular formula is C14H22N2O2. The molecule has 4 heteroatoms. The van der Waals surface area contributed by atoms with E-state index < -0.39 is 0 Å². The van der Waals surface area contributed by atoms with E-state index in [1.165, 1.54) is 0 Å². The highest BCUT2D eigenvalue weighted by Gasteiger charge is 2.26. The lowest BCUT2D eigenvalue weighted by molar-refractivity contribution is -0.0595. The molecule has 1 fully saturated rings. The fourth-order valence-corrected chi connectivity index (χ4v) is 2.00. The Kier molecular flexibility index (Phi) is 5.61. The predicted molar refractivity (Wildman–Crippen MR) is 71.2 cm³/mol. The molecule has 100 valence electrons. The number of nitrogens with two attached hydrogens (primary N) is 1. The molecule has 2 atom stereocenters. The van der Waals surface area contributed by atoms with E-state index in [0.717, 1.165) is 38.0 Å². The van der Waals surface area contributed by atoms with Crippen molar-refractivity contribution >= 4 is 0 Å². The van der Waals surface area contributed by atoms with Crippen molar-refractivity contribution in [2.75, 3.05) is 26.2 Å². The summed E-state index contributed by atoms with van der Waals surface area (Å²) >= 11 is 0. The van der Waals surface area contributed by atoms with Crippen LogP contribution in [0, 0.1) is 0 Å². The molecule has 1 aliphatic rings. The summed E-state index contributed by atoms with van der Waals surface area (Å²) in [6.07, 6.45) is 2.13. The number of unbranched alkanes of at least 4 members (excludes halogenated alkanes) is 1. The Morgan fingerprint density at radius 3 is 2.83 bits per heavy atom. The minimum Gasteiger partial charge on any atom is -0.346 e. The van der Waals surface area contributed by atoms with Crippen LogP contribution in [-0.2, 0) is 9.47 Å². The van der Waals surface area contributed by atoms with Gasteiger partial charge in [-0.3, -0.25) is 0 Å². The fourth-order valence-electron chi connectivity index (χ4n) is 2.00. The summed E-state index contributed by atoms with van der Waals surface area (Å²) in [5, 5.41) is 3.37. The van der Waals surface area contributed by atoms with Gasteiger partial charge in [0.15, 0.2) is 6.29 Å². The summed E-state index contributed by atoms with van der Waals surface area (Å²) in [7, 11) is 0. The minimum absolute atomic E-state index is 0.146. The molecule has 1 aliphatic heterocycles. The van der Waals surface area contributed by atoms with E-state index in [1.807, 2.05) is 30.3 Å². The van der Waals surface area contributed by atoms with E-state index >= 15 is 0 Å². The van der Waals surface area contributed by atoms with Gasteiger partial charge in [-0.25, -0.2) is 0 Å². The largest absolute Gasteiger partial charge is 0.346 e. The third-order valence-electron chi connectivity index (χ3n) is 3.00. The van der Waals surface area contributed by atoms with Gasteiger partial charge in [0.1, 0.15) is 0 Å². The van der Waals surface area contributed by atoms with Crippen LogP contribution in [0.5, 0.6) is 0 Å². The molecule has 1 saturated heterocycles. The van der Waals surface area contributed by atoms with Gasteiger partial charge in [0, 0.05) is 12.1 Å². The van der Waals surface area contributed by atoms with Crippen LogP contribution in [0.15, 0.2) is 30.3 Å². The summed E-state index contributed by atoms with van der Waals surface area (Å²) in [6, 6.07) is 10.1. The summed E-state index contributed by atoms with van der Waals surface area (Å²) in [5.41, 5.74) is 6.53. The maximum atomic E-state index is 5.84. The molecular weight excluding hydrogens is 228 g/mol. The quantitative estimate of drug-likeness (QED) is 0.719. The molecule has 1 heterocycles. The van der Waals surface area contributed by atoms with Crippen molar-refractivity contribution in [1.29, 1.82) is 0 Å². The average molecular weight is 250 g/mol. The molecule has 3 N–H and O–H groups in total. The Balaban J connectivity index is 1.66. The van der Waals surface area contributed by atoms with Crippen LogP contribution >= 0.6 is 0 Å². The van der Waals surface area contributed by atoms with Crippen molar-refractivity contribution in [3.8, 4) is 0 Å². The van der Waals surface area contributed by atoms with Crippen LogP contribution in [0.2, 0.25) is 0 Å². The zero-order valence-corrected chi connectivity index (χ0v) is 10.7. The van der Waals surface area contributed by atoms with Crippen LogP contribution in [-0.4, -0.2) is 32.3 Å². The van der Waals surface area contributed by atoms with Crippen molar-refractivity contribution in [2.45, 2.75) is 25.2 Å². The molecule has 1 aromatic carbocycles. The second-order valence-corrected chi connectivity index (χ2v) is 4.53. The highest BCUT2D eigenvalue weighted by Crippen LogP contribution is 2.26. The Bertz CT molecular complexity index is 332. The maximum absolute atomic E-state index is 5.84. The Hall–Kier alpha value is -0.940. The standard InChI is InChI=1S/C14H22N2O2/c15-8-4-5-9-16-10-13-11-17-14(18-13)12-6-2-1-3-7-12/h1-3,6-7,13-14,16H,4-5,8-11,15H2. The topological polar surface area (TPSA) is 56.5 Å². The first-order valence-electron chi connectivity index (χ1n) is 6.63. The molecule has 1 aromatic rings. The van der Waals surface area contributed by atoms with Gasteiger partial charge in [0.2, 0.25) is 0 Å². The van der Waals surface area contributed by atoms with Gasteiger partial charge in [0.05, 0.1) is 12.7 Å². The van der Waals surface area contributed by atoms with Crippen molar-refractivity contribution < 1.29 is 9.47 Å². The first-order valence-corrected chi connectivity index (χ1v) is 6.63. The lowest BCUT2D eigenvalue weighted by Crippen LogP contribution is -2.29. The summed E-state index contributed by atoms with van der Waals surface area (Å²) in [4.78, 5) is 0. The van der Waals surface area contributed by atoms with E-state index in [-0.39, 0.29) is 12.4 Å². The zero-order valence-electron chi connectivity index (χ0n) is 10.7. The van der Waals surface area contributed by atoms with Crippen LogP contribution in [0.25, 0.3) is 0 Å². The Morgan fingerprint density at radius 2 is 2.06 bits per heavy atom. The SMILES string of the molecule is NCCCCNCC1COC(c2ccccc2)O1. The second kappa shape index (κ2) is 7.48. The third kappa shape index (κ3) is 4.07. The van der Waals surface area contributed by atoms with E-state index in [0.29, 0.717) is 6.61 Å². The number of hydrogen-bond donors (Lipinski definition) is 2.